The van der Waals surface area contributed by atoms with Crippen LogP contribution in [-0.2, 0) is 5.41 Å². The number of aromatic nitrogens is 1. The van der Waals surface area contributed by atoms with Gasteiger partial charge in [-0.15, -0.1) is 22.7 Å². The molecule has 2 aliphatic rings. The lowest BCUT2D eigenvalue weighted by atomic mass is 9.83. The molecule has 0 unspecified atom stereocenters. The predicted molar refractivity (Wildman–Crippen MR) is 173 cm³/mol. The van der Waals surface area contributed by atoms with Crippen molar-refractivity contribution in [2.24, 2.45) is 0 Å². The molecule has 0 radical (unpaired) electrons. The summed E-state index contributed by atoms with van der Waals surface area (Å²) < 4.78 is 29.8. The number of hydrogen-bond donors (Lipinski definition) is 0. The van der Waals surface area contributed by atoms with Gasteiger partial charge in [0.2, 0.25) is 0 Å². The van der Waals surface area contributed by atoms with Gasteiger partial charge in [0, 0.05) is 43.1 Å². The minimum atomic E-state index is -1.15. The molecule has 0 spiro atoms. The number of hydrogen-bond acceptors (Lipinski definition) is 6. The molecule has 44 heavy (non-hydrogen) atoms. The van der Waals surface area contributed by atoms with Crippen LogP contribution in [0.3, 0.4) is 0 Å². The first-order chi connectivity index (χ1) is 21.2. The molecule has 0 bridgehead atoms. The number of carbonyl (C=O) groups excluding carboxylic acids is 2. The average Bonchev–Trinajstić information content (AvgIpc) is 3.70. The van der Waals surface area contributed by atoms with Crippen LogP contribution in [0.1, 0.15) is 50.6 Å². The maximum Gasteiger partial charge on any atom is 0.197 e. The smallest absolute Gasteiger partial charge is 0.197 e. The van der Waals surface area contributed by atoms with E-state index in [4.69, 9.17) is 4.98 Å². The fourth-order valence-electron chi connectivity index (χ4n) is 6.27. The zero-order chi connectivity index (χ0) is 30.3. The molecule has 0 fully saturated rings. The number of allylic oxidation sites excluding steroid dienone is 1. The monoisotopic (exact) mass is 616 g/mol. The van der Waals surface area contributed by atoms with Crippen LogP contribution in [-0.4, -0.2) is 16.6 Å². The molecular formula is C36H22F2N2O2S2. The zero-order valence-electron chi connectivity index (χ0n) is 23.5. The summed E-state index contributed by atoms with van der Waals surface area (Å²) in [5, 5.41) is 0. The number of nitrogens with zero attached hydrogens (tertiary/aromatic N) is 2. The van der Waals surface area contributed by atoms with Gasteiger partial charge in [0.05, 0.1) is 32.7 Å². The van der Waals surface area contributed by atoms with Crippen LogP contribution in [0.2, 0.25) is 0 Å². The van der Waals surface area contributed by atoms with Crippen LogP contribution in [0.4, 0.5) is 25.8 Å². The molecule has 0 N–H and O–H groups in total. The second kappa shape index (κ2) is 9.61. The number of benzene rings is 3. The van der Waals surface area contributed by atoms with Crippen LogP contribution in [0.25, 0.3) is 26.0 Å². The topological polar surface area (TPSA) is 50.3 Å². The third-order valence-electron chi connectivity index (χ3n) is 8.38. The fraction of sp³-hybridized carbons (Fsp3) is 0.0833. The Bertz CT molecular complexity index is 2130. The number of carbonyl (C=O) groups is 2. The molecule has 3 heterocycles. The predicted octanol–water partition coefficient (Wildman–Crippen LogP) is 9.87. The molecule has 214 valence electrons. The second-order valence-electron chi connectivity index (χ2n) is 11.4. The van der Waals surface area contributed by atoms with Crippen molar-refractivity contribution in [2.75, 3.05) is 4.90 Å². The molecule has 0 saturated heterocycles. The van der Waals surface area contributed by atoms with Crippen molar-refractivity contribution in [3.63, 3.8) is 0 Å². The Morgan fingerprint density at radius 1 is 0.773 bits per heavy atom. The summed E-state index contributed by atoms with van der Waals surface area (Å²) in [5.41, 5.74) is 5.66. The fourth-order valence-corrected chi connectivity index (χ4v) is 9.19. The minimum Gasteiger partial charge on any atom is -0.309 e. The summed E-state index contributed by atoms with van der Waals surface area (Å²) in [6.07, 6.45) is 3.47. The standard InChI is InChI=1S/C36H22F2N2O2S2/c1-36(2)26-13-21(40(19-9-5-3-6-10-19)20-11-7-4-8-12-20)18-39-31(26)35-30(36)34-29(44-35)15-22(43-34)14-25-32(41)23-16-27(37)28(38)17-24(23)33(25)42/h3-18H,1-2H3. The Labute approximate surface area is 259 Å². The van der Waals surface area contributed by atoms with E-state index in [-0.39, 0.29) is 22.1 Å². The lowest BCUT2D eigenvalue weighted by Gasteiger charge is -2.27. The van der Waals surface area contributed by atoms with Gasteiger partial charge in [-0.3, -0.25) is 14.6 Å². The Morgan fingerprint density at radius 3 is 1.95 bits per heavy atom. The lowest BCUT2D eigenvalue weighted by Crippen LogP contribution is -2.17. The summed E-state index contributed by atoms with van der Waals surface area (Å²) in [6, 6.07) is 26.2. The number of anilines is 3. The lowest BCUT2D eigenvalue weighted by molar-refractivity contribution is 0.0990. The maximum absolute atomic E-state index is 13.8. The normalized spacial score (nSPS) is 14.6. The van der Waals surface area contributed by atoms with Gasteiger partial charge < -0.3 is 4.90 Å². The van der Waals surface area contributed by atoms with E-state index in [1.54, 1.807) is 17.4 Å². The Morgan fingerprint density at radius 2 is 1.36 bits per heavy atom. The molecule has 6 aromatic rings. The molecule has 3 aromatic carbocycles. The van der Waals surface area contributed by atoms with Crippen molar-refractivity contribution in [3.8, 4) is 10.6 Å². The van der Waals surface area contributed by atoms with Gasteiger partial charge in [-0.25, -0.2) is 8.78 Å². The third-order valence-corrected chi connectivity index (χ3v) is 10.8. The SMILES string of the molecule is CC1(C)c2cc(N(c3ccccc3)c3ccccc3)cnc2-c2sc3cc(C=C4C(=O)c5cc(F)c(F)cc5C4=O)sc3c21. The van der Waals surface area contributed by atoms with Crippen molar-refractivity contribution < 1.29 is 18.4 Å². The molecule has 0 amide bonds. The largest absolute Gasteiger partial charge is 0.309 e. The van der Waals surface area contributed by atoms with Gasteiger partial charge in [0.25, 0.3) is 0 Å². The summed E-state index contributed by atoms with van der Waals surface area (Å²) in [5.74, 6) is -3.46. The van der Waals surface area contributed by atoms with E-state index in [1.807, 2.05) is 48.7 Å². The van der Waals surface area contributed by atoms with Gasteiger partial charge in [-0.1, -0.05) is 50.2 Å². The molecule has 0 saturated carbocycles. The third kappa shape index (κ3) is 3.87. The van der Waals surface area contributed by atoms with E-state index >= 15 is 0 Å². The second-order valence-corrected chi connectivity index (χ2v) is 13.5. The molecule has 8 heteroatoms. The van der Waals surface area contributed by atoms with E-state index in [9.17, 15) is 18.4 Å². The Hall–Kier alpha value is -4.79. The number of pyridine rings is 1. The van der Waals surface area contributed by atoms with Gasteiger partial charge in [-0.2, -0.15) is 0 Å². The van der Waals surface area contributed by atoms with Crippen LogP contribution in [0.15, 0.2) is 96.7 Å². The van der Waals surface area contributed by atoms with Crippen LogP contribution in [0, 0.1) is 11.6 Å². The maximum atomic E-state index is 13.8. The first-order valence-electron chi connectivity index (χ1n) is 14.0. The first kappa shape index (κ1) is 26.8. The average molecular weight is 617 g/mol. The summed E-state index contributed by atoms with van der Waals surface area (Å²) >= 11 is 3.15. The number of Topliss-reactive ketones (excluding diaryl/α,β-unsaturated/α-hetero) is 2. The van der Waals surface area contributed by atoms with Gasteiger partial charge in [0.1, 0.15) is 0 Å². The highest BCUT2D eigenvalue weighted by molar-refractivity contribution is 7.30. The number of para-hydroxylation sites is 2. The Balaban J connectivity index is 1.20. The van der Waals surface area contributed by atoms with Gasteiger partial charge >= 0.3 is 0 Å². The van der Waals surface area contributed by atoms with E-state index in [1.165, 1.54) is 16.9 Å². The summed E-state index contributed by atoms with van der Waals surface area (Å²) in [7, 11) is 0. The highest BCUT2D eigenvalue weighted by Gasteiger charge is 2.41. The first-order valence-corrected chi connectivity index (χ1v) is 15.6. The van der Waals surface area contributed by atoms with Crippen LogP contribution < -0.4 is 4.90 Å². The zero-order valence-corrected chi connectivity index (χ0v) is 25.2. The molecule has 0 aliphatic heterocycles. The minimum absolute atomic E-state index is 0.0775. The van der Waals surface area contributed by atoms with Crippen molar-refractivity contribution in [2.45, 2.75) is 19.3 Å². The molecule has 0 atom stereocenters. The van der Waals surface area contributed by atoms with Crippen LogP contribution in [0.5, 0.6) is 0 Å². The van der Waals surface area contributed by atoms with Gasteiger partial charge in [-0.05, 0) is 60.2 Å². The molecule has 4 nitrogen and oxygen atoms in total. The molecule has 8 rings (SSSR count). The number of fused-ring (bicyclic) bond motifs is 6. The highest BCUT2D eigenvalue weighted by atomic mass is 32.1. The number of rotatable bonds is 4. The molecule has 2 aliphatic carbocycles. The molecule has 3 aromatic heterocycles. The number of ketones is 2. The van der Waals surface area contributed by atoms with E-state index < -0.39 is 23.2 Å². The van der Waals surface area contributed by atoms with Gasteiger partial charge in [0.15, 0.2) is 23.2 Å². The summed E-state index contributed by atoms with van der Waals surface area (Å²) in [6.45, 7) is 4.40. The Kier molecular flexibility index (Phi) is 5.85. The van der Waals surface area contributed by atoms with Crippen LogP contribution >= 0.6 is 22.7 Å². The number of thiophene rings is 2. The highest BCUT2D eigenvalue weighted by Crippen LogP contribution is 2.57. The van der Waals surface area contributed by atoms with E-state index in [0.717, 1.165) is 59.6 Å². The number of halogens is 2. The van der Waals surface area contributed by atoms with Crippen molar-refractivity contribution in [3.05, 3.63) is 135 Å². The van der Waals surface area contributed by atoms with Crippen molar-refractivity contribution in [1.82, 2.24) is 4.98 Å². The van der Waals surface area contributed by atoms with E-state index in [2.05, 4.69) is 49.1 Å². The van der Waals surface area contributed by atoms with Crippen molar-refractivity contribution in [1.29, 1.82) is 0 Å². The quantitative estimate of drug-likeness (QED) is 0.146. The summed E-state index contributed by atoms with van der Waals surface area (Å²) in [4.78, 5) is 35.0. The molecular weight excluding hydrogens is 595 g/mol. The van der Waals surface area contributed by atoms with Crippen molar-refractivity contribution >= 4 is 66.8 Å². The van der Waals surface area contributed by atoms with E-state index in [0.29, 0.717) is 0 Å².